The Morgan fingerprint density at radius 2 is 1.41 bits per heavy atom. The van der Waals surface area contributed by atoms with Gasteiger partial charge in [0, 0.05) is 11.8 Å². The molecule has 6 aromatic rings. The van der Waals surface area contributed by atoms with Gasteiger partial charge in [0.2, 0.25) is 6.41 Å². The highest BCUT2D eigenvalue weighted by atomic mass is 16.1. The summed E-state index contributed by atoms with van der Waals surface area (Å²) < 4.78 is 4.33. The number of carbonyl (C=O) groups is 1. The number of hydrogen-bond donors (Lipinski definition) is 1. The lowest BCUT2D eigenvalue weighted by atomic mass is 10.2. The van der Waals surface area contributed by atoms with Gasteiger partial charge in [0.05, 0.1) is 17.1 Å². The first kappa shape index (κ1) is 22.3. The van der Waals surface area contributed by atoms with E-state index in [1.165, 1.54) is 0 Å². The Labute approximate surface area is 215 Å². The monoisotopic (exact) mass is 481 g/mol. The summed E-state index contributed by atoms with van der Waals surface area (Å²) in [7, 11) is 0. The summed E-state index contributed by atoms with van der Waals surface area (Å²) in [6.45, 7) is 0. The minimum absolute atomic E-state index is 0.773. The molecule has 178 valence electrons. The maximum atomic E-state index is 12.4. The standard InChI is InChI=1S/C32H25N4O/c37-24-36(30-19-8-7-18-29(30)33-25-12-3-1-4-13-25)28-17-11-16-27(22-28)35-23-34(26-14-5-2-6-15-26)31-20-9-10-21-32(31)35/h1-24,33H/q+1. The van der Waals surface area contributed by atoms with Gasteiger partial charge in [-0.15, -0.1) is 0 Å². The zero-order chi connectivity index (χ0) is 25.0. The van der Waals surface area contributed by atoms with Crippen molar-refractivity contribution in [2.45, 2.75) is 0 Å². The van der Waals surface area contributed by atoms with Crippen LogP contribution in [0.2, 0.25) is 0 Å². The summed E-state index contributed by atoms with van der Waals surface area (Å²) in [4.78, 5) is 14.1. The normalized spacial score (nSPS) is 10.8. The van der Waals surface area contributed by atoms with Gasteiger partial charge in [0.15, 0.2) is 11.0 Å². The van der Waals surface area contributed by atoms with Crippen LogP contribution in [-0.2, 0) is 4.79 Å². The maximum Gasteiger partial charge on any atom is 0.255 e. The molecule has 1 heterocycles. The van der Waals surface area contributed by atoms with E-state index >= 15 is 0 Å². The van der Waals surface area contributed by atoms with Gasteiger partial charge in [-0.05, 0) is 60.7 Å². The Morgan fingerprint density at radius 3 is 2.22 bits per heavy atom. The molecule has 0 fully saturated rings. The highest BCUT2D eigenvalue weighted by Gasteiger charge is 2.20. The molecule has 0 aliphatic heterocycles. The molecule has 1 aromatic heterocycles. The Balaban J connectivity index is 1.43. The van der Waals surface area contributed by atoms with Gasteiger partial charge in [-0.3, -0.25) is 9.69 Å². The lowest BCUT2D eigenvalue weighted by molar-refractivity contribution is -0.567. The summed E-state index contributed by atoms with van der Waals surface area (Å²) in [5.41, 5.74) is 7.58. The fourth-order valence-corrected chi connectivity index (χ4v) is 4.63. The summed E-state index contributed by atoms with van der Waals surface area (Å²) in [5, 5.41) is 3.44. The molecule has 1 amide bonds. The number of para-hydroxylation sites is 6. The van der Waals surface area contributed by atoms with Crippen LogP contribution in [0.5, 0.6) is 0 Å². The van der Waals surface area contributed by atoms with Gasteiger partial charge in [-0.25, -0.2) is 0 Å². The van der Waals surface area contributed by atoms with E-state index in [0.717, 1.165) is 51.6 Å². The highest BCUT2D eigenvalue weighted by molar-refractivity contribution is 5.93. The van der Waals surface area contributed by atoms with Crippen LogP contribution in [0.15, 0.2) is 140 Å². The number of hydrogen-bond acceptors (Lipinski definition) is 2. The molecule has 0 unspecified atom stereocenters. The Kier molecular flexibility index (Phi) is 5.93. The van der Waals surface area contributed by atoms with Crippen LogP contribution in [0.25, 0.3) is 22.4 Å². The van der Waals surface area contributed by atoms with Gasteiger partial charge in [-0.2, -0.15) is 9.13 Å². The molecule has 0 saturated carbocycles. The average Bonchev–Trinajstić information content (AvgIpc) is 3.35. The fourth-order valence-electron chi connectivity index (χ4n) is 4.63. The first-order valence-corrected chi connectivity index (χ1v) is 12.1. The predicted molar refractivity (Wildman–Crippen MR) is 149 cm³/mol. The molecule has 0 saturated heterocycles. The van der Waals surface area contributed by atoms with Crippen molar-refractivity contribution in [1.29, 1.82) is 0 Å². The van der Waals surface area contributed by atoms with Crippen LogP contribution < -0.4 is 14.8 Å². The summed E-state index contributed by atoms with van der Waals surface area (Å²) >= 11 is 0. The first-order valence-electron chi connectivity index (χ1n) is 12.1. The number of nitrogens with one attached hydrogen (secondary N) is 1. The third kappa shape index (κ3) is 4.34. The summed E-state index contributed by atoms with van der Waals surface area (Å²) in [5.74, 6) is 0. The summed E-state index contributed by atoms with van der Waals surface area (Å²) in [6.07, 6.45) is 2.96. The van der Waals surface area contributed by atoms with E-state index < -0.39 is 0 Å². The van der Waals surface area contributed by atoms with Crippen molar-refractivity contribution >= 4 is 40.2 Å². The van der Waals surface area contributed by atoms with Crippen LogP contribution in [-0.4, -0.2) is 11.0 Å². The predicted octanol–water partition coefficient (Wildman–Crippen LogP) is 6.95. The van der Waals surface area contributed by atoms with Crippen LogP contribution >= 0.6 is 0 Å². The molecule has 5 aromatic carbocycles. The van der Waals surface area contributed by atoms with Crippen molar-refractivity contribution in [3.63, 3.8) is 0 Å². The molecule has 6 rings (SSSR count). The minimum Gasteiger partial charge on any atom is -0.354 e. The topological polar surface area (TPSA) is 41.1 Å². The van der Waals surface area contributed by atoms with Crippen molar-refractivity contribution in [3.8, 4) is 11.4 Å². The van der Waals surface area contributed by atoms with Gasteiger partial charge in [0.1, 0.15) is 11.4 Å². The highest BCUT2D eigenvalue weighted by Crippen LogP contribution is 2.34. The molecule has 37 heavy (non-hydrogen) atoms. The molecule has 5 heteroatoms. The summed E-state index contributed by atoms with van der Waals surface area (Å²) in [6, 6.07) is 44.4. The van der Waals surface area contributed by atoms with E-state index in [1.54, 1.807) is 4.90 Å². The van der Waals surface area contributed by atoms with Crippen molar-refractivity contribution in [3.05, 3.63) is 140 Å². The van der Waals surface area contributed by atoms with Crippen molar-refractivity contribution in [1.82, 2.24) is 4.57 Å². The van der Waals surface area contributed by atoms with E-state index in [-0.39, 0.29) is 0 Å². The second-order valence-electron chi connectivity index (χ2n) is 8.68. The molecule has 0 bridgehead atoms. The number of benzene rings is 5. The zero-order valence-corrected chi connectivity index (χ0v) is 20.1. The Bertz CT molecular complexity index is 1680. The molecule has 0 radical (unpaired) electrons. The van der Waals surface area contributed by atoms with E-state index in [0.29, 0.717) is 0 Å². The van der Waals surface area contributed by atoms with E-state index in [2.05, 4.69) is 51.1 Å². The average molecular weight is 482 g/mol. The number of rotatable bonds is 7. The maximum absolute atomic E-state index is 12.4. The van der Waals surface area contributed by atoms with Crippen molar-refractivity contribution in [2.24, 2.45) is 0 Å². The van der Waals surface area contributed by atoms with E-state index in [1.807, 2.05) is 103 Å². The van der Waals surface area contributed by atoms with Crippen molar-refractivity contribution in [2.75, 3.05) is 10.2 Å². The number of nitrogens with zero attached hydrogens (tertiary/aromatic N) is 3. The molecule has 0 aliphatic rings. The second kappa shape index (κ2) is 9.84. The molecular weight excluding hydrogens is 456 g/mol. The molecule has 1 N–H and O–H groups in total. The van der Waals surface area contributed by atoms with E-state index in [4.69, 9.17) is 0 Å². The van der Waals surface area contributed by atoms with Gasteiger partial charge < -0.3 is 5.32 Å². The third-order valence-electron chi connectivity index (χ3n) is 6.37. The lowest BCUT2D eigenvalue weighted by Gasteiger charge is -2.22. The second-order valence-corrected chi connectivity index (χ2v) is 8.68. The molecule has 0 spiro atoms. The third-order valence-corrected chi connectivity index (χ3v) is 6.37. The number of carbonyl (C=O) groups excluding carboxylic acids is 1. The molecule has 0 atom stereocenters. The quantitative estimate of drug-likeness (QED) is 0.198. The van der Waals surface area contributed by atoms with E-state index in [9.17, 15) is 4.79 Å². The fraction of sp³-hybridized carbons (Fsp3) is 0. The number of aromatic nitrogens is 2. The molecular formula is C32H25N4O+. The molecule has 5 nitrogen and oxygen atoms in total. The van der Waals surface area contributed by atoms with Crippen molar-refractivity contribution < 1.29 is 9.36 Å². The van der Waals surface area contributed by atoms with Gasteiger partial charge in [0.25, 0.3) is 6.33 Å². The van der Waals surface area contributed by atoms with Gasteiger partial charge >= 0.3 is 0 Å². The number of fused-ring (bicyclic) bond motifs is 1. The Morgan fingerprint density at radius 1 is 0.703 bits per heavy atom. The number of imidazole rings is 1. The number of anilines is 4. The first-order chi connectivity index (χ1) is 18.3. The smallest absolute Gasteiger partial charge is 0.255 e. The zero-order valence-electron chi connectivity index (χ0n) is 20.1. The number of amides is 1. The Hall–Kier alpha value is -5.16. The van der Waals surface area contributed by atoms with Crippen LogP contribution in [0.3, 0.4) is 0 Å². The van der Waals surface area contributed by atoms with Crippen LogP contribution in [0.1, 0.15) is 0 Å². The largest absolute Gasteiger partial charge is 0.354 e. The SMILES string of the molecule is O=CN(c1cccc(-n2c[n+](-c3ccccc3)c3ccccc32)c1)c1ccccc1Nc1ccccc1. The van der Waals surface area contributed by atoms with Crippen LogP contribution in [0, 0.1) is 0 Å². The lowest BCUT2D eigenvalue weighted by Crippen LogP contribution is -2.28. The van der Waals surface area contributed by atoms with Crippen LogP contribution in [0.4, 0.5) is 22.7 Å². The minimum atomic E-state index is 0.773. The van der Waals surface area contributed by atoms with Gasteiger partial charge in [-0.1, -0.05) is 66.7 Å². The molecule has 0 aliphatic carbocycles.